The van der Waals surface area contributed by atoms with E-state index in [1.54, 1.807) is 0 Å². The molecule has 0 saturated heterocycles. The van der Waals surface area contributed by atoms with Crippen LogP contribution in [0.4, 0.5) is 0 Å². The number of fused-ring (bicyclic) bond motifs is 1. The molecule has 0 amide bonds. The fourth-order valence-electron chi connectivity index (χ4n) is 1.45. The van der Waals surface area contributed by atoms with Crippen LogP contribution in [0.25, 0.3) is 16.8 Å². The first kappa shape index (κ1) is 9.41. The average molecular weight is 248 g/mol. The normalized spacial score (nSPS) is 11.2. The summed E-state index contributed by atoms with van der Waals surface area (Å²) >= 11 is 3.37. The SMILES string of the molecule is BrCC=Cc1cccc2ccncc12. The van der Waals surface area contributed by atoms with E-state index in [9.17, 15) is 0 Å². The van der Waals surface area contributed by atoms with Gasteiger partial charge in [0.25, 0.3) is 0 Å². The Bertz CT molecular complexity index is 457. The van der Waals surface area contributed by atoms with Crippen molar-refractivity contribution in [2.45, 2.75) is 0 Å². The molecule has 1 heterocycles. The van der Waals surface area contributed by atoms with Crippen molar-refractivity contribution in [3.05, 3.63) is 48.3 Å². The first-order valence-electron chi connectivity index (χ1n) is 4.47. The van der Waals surface area contributed by atoms with Gasteiger partial charge in [0.1, 0.15) is 0 Å². The van der Waals surface area contributed by atoms with Gasteiger partial charge in [-0.25, -0.2) is 0 Å². The molecule has 0 atom stereocenters. The molecule has 0 aliphatic carbocycles. The predicted octanol–water partition coefficient (Wildman–Crippen LogP) is 3.64. The summed E-state index contributed by atoms with van der Waals surface area (Å²) in [5.74, 6) is 0. The first-order valence-corrected chi connectivity index (χ1v) is 5.59. The van der Waals surface area contributed by atoms with E-state index in [2.05, 4.69) is 51.3 Å². The van der Waals surface area contributed by atoms with Crippen LogP contribution in [0.3, 0.4) is 0 Å². The van der Waals surface area contributed by atoms with Gasteiger partial charge in [0.05, 0.1) is 0 Å². The minimum absolute atomic E-state index is 0.879. The number of pyridine rings is 1. The number of nitrogens with zero attached hydrogens (tertiary/aromatic N) is 1. The van der Waals surface area contributed by atoms with Gasteiger partial charge in [0.2, 0.25) is 0 Å². The van der Waals surface area contributed by atoms with E-state index in [0.717, 1.165) is 5.33 Å². The van der Waals surface area contributed by atoms with Crippen LogP contribution in [-0.2, 0) is 0 Å². The number of halogens is 1. The van der Waals surface area contributed by atoms with Gasteiger partial charge in [-0.1, -0.05) is 46.3 Å². The molecule has 0 fully saturated rings. The van der Waals surface area contributed by atoms with Gasteiger partial charge < -0.3 is 0 Å². The molecule has 2 rings (SSSR count). The summed E-state index contributed by atoms with van der Waals surface area (Å²) < 4.78 is 0. The minimum atomic E-state index is 0.879. The number of aromatic nitrogens is 1. The van der Waals surface area contributed by atoms with Crippen molar-refractivity contribution in [1.29, 1.82) is 0 Å². The van der Waals surface area contributed by atoms with Crippen LogP contribution in [0.2, 0.25) is 0 Å². The Balaban J connectivity index is 2.59. The van der Waals surface area contributed by atoms with Gasteiger partial charge in [0, 0.05) is 23.1 Å². The highest BCUT2D eigenvalue weighted by atomic mass is 79.9. The zero-order chi connectivity index (χ0) is 9.80. The van der Waals surface area contributed by atoms with Gasteiger partial charge in [0.15, 0.2) is 0 Å². The summed E-state index contributed by atoms with van der Waals surface area (Å²) in [6, 6.07) is 8.29. The molecule has 14 heavy (non-hydrogen) atoms. The smallest absolute Gasteiger partial charge is 0.0352 e. The molecule has 1 aromatic heterocycles. The van der Waals surface area contributed by atoms with E-state index in [1.165, 1.54) is 16.3 Å². The maximum atomic E-state index is 4.14. The molecule has 0 aliphatic heterocycles. The van der Waals surface area contributed by atoms with Gasteiger partial charge in [-0.3, -0.25) is 4.98 Å². The Morgan fingerprint density at radius 1 is 1.29 bits per heavy atom. The van der Waals surface area contributed by atoms with Gasteiger partial charge >= 0.3 is 0 Å². The molecule has 2 heteroatoms. The fourth-order valence-corrected chi connectivity index (χ4v) is 1.64. The largest absolute Gasteiger partial charge is 0.264 e. The van der Waals surface area contributed by atoms with Crippen LogP contribution in [0.1, 0.15) is 5.56 Å². The highest BCUT2D eigenvalue weighted by molar-refractivity contribution is 9.09. The van der Waals surface area contributed by atoms with Crippen molar-refractivity contribution >= 4 is 32.8 Å². The van der Waals surface area contributed by atoms with Crippen molar-refractivity contribution < 1.29 is 0 Å². The summed E-state index contributed by atoms with van der Waals surface area (Å²) in [6.07, 6.45) is 7.92. The molecule has 70 valence electrons. The van der Waals surface area contributed by atoms with Crippen LogP contribution in [0, 0.1) is 0 Å². The monoisotopic (exact) mass is 247 g/mol. The maximum absolute atomic E-state index is 4.14. The topological polar surface area (TPSA) is 12.9 Å². The number of hydrogen-bond acceptors (Lipinski definition) is 1. The number of rotatable bonds is 2. The summed E-state index contributed by atoms with van der Waals surface area (Å²) in [7, 11) is 0. The van der Waals surface area contributed by atoms with E-state index < -0.39 is 0 Å². The Morgan fingerprint density at radius 2 is 2.21 bits per heavy atom. The Kier molecular flexibility index (Phi) is 2.94. The third-order valence-electron chi connectivity index (χ3n) is 2.10. The van der Waals surface area contributed by atoms with Gasteiger partial charge in [-0.05, 0) is 17.0 Å². The summed E-state index contributed by atoms with van der Waals surface area (Å²) in [5.41, 5.74) is 1.22. The molecule has 0 spiro atoms. The van der Waals surface area contributed by atoms with E-state index in [0.29, 0.717) is 0 Å². The number of allylic oxidation sites excluding steroid dienone is 1. The lowest BCUT2D eigenvalue weighted by Gasteiger charge is -2.00. The van der Waals surface area contributed by atoms with Crippen LogP contribution in [0.5, 0.6) is 0 Å². The summed E-state index contributed by atoms with van der Waals surface area (Å²) in [5, 5.41) is 3.31. The molecule has 0 aliphatic rings. The zero-order valence-corrected chi connectivity index (χ0v) is 9.24. The Morgan fingerprint density at radius 3 is 3.07 bits per heavy atom. The van der Waals surface area contributed by atoms with Crippen molar-refractivity contribution in [2.24, 2.45) is 0 Å². The molecule has 0 unspecified atom stereocenters. The van der Waals surface area contributed by atoms with Crippen molar-refractivity contribution in [1.82, 2.24) is 4.98 Å². The predicted molar refractivity (Wildman–Crippen MR) is 64.6 cm³/mol. The van der Waals surface area contributed by atoms with Gasteiger partial charge in [-0.2, -0.15) is 0 Å². The first-order chi connectivity index (χ1) is 6.92. The molecule has 2 aromatic rings. The second kappa shape index (κ2) is 4.38. The molecular formula is C12H10BrN. The second-order valence-corrected chi connectivity index (χ2v) is 3.65. The average Bonchev–Trinajstić information content (AvgIpc) is 2.26. The van der Waals surface area contributed by atoms with Crippen LogP contribution in [-0.4, -0.2) is 10.3 Å². The lowest BCUT2D eigenvalue weighted by molar-refractivity contribution is 1.36. The third-order valence-corrected chi connectivity index (χ3v) is 2.48. The Labute approximate surface area is 91.6 Å². The molecule has 0 N–H and O–H groups in total. The molecule has 0 bridgehead atoms. The van der Waals surface area contributed by atoms with Crippen LogP contribution < -0.4 is 0 Å². The maximum Gasteiger partial charge on any atom is 0.0352 e. The lowest BCUT2D eigenvalue weighted by Crippen LogP contribution is -1.79. The number of alkyl halides is 1. The second-order valence-electron chi connectivity index (χ2n) is 3.00. The van der Waals surface area contributed by atoms with E-state index in [-0.39, 0.29) is 0 Å². The van der Waals surface area contributed by atoms with Crippen LogP contribution >= 0.6 is 15.9 Å². The fraction of sp³-hybridized carbons (Fsp3) is 0.0833. The van der Waals surface area contributed by atoms with E-state index in [4.69, 9.17) is 0 Å². The van der Waals surface area contributed by atoms with Gasteiger partial charge in [-0.15, -0.1) is 0 Å². The zero-order valence-electron chi connectivity index (χ0n) is 7.65. The highest BCUT2D eigenvalue weighted by Crippen LogP contribution is 2.18. The quantitative estimate of drug-likeness (QED) is 0.739. The Hall–Kier alpha value is -1.15. The minimum Gasteiger partial charge on any atom is -0.264 e. The molecule has 1 nitrogen and oxygen atoms in total. The number of hydrogen-bond donors (Lipinski definition) is 0. The van der Waals surface area contributed by atoms with Crippen molar-refractivity contribution in [2.75, 3.05) is 5.33 Å². The van der Waals surface area contributed by atoms with E-state index >= 15 is 0 Å². The highest BCUT2D eigenvalue weighted by Gasteiger charge is 1.95. The molecule has 0 radical (unpaired) electrons. The van der Waals surface area contributed by atoms with Crippen LogP contribution in [0.15, 0.2) is 42.7 Å². The summed E-state index contributed by atoms with van der Waals surface area (Å²) in [4.78, 5) is 4.14. The van der Waals surface area contributed by atoms with Crippen molar-refractivity contribution in [3.8, 4) is 0 Å². The molecule has 0 saturated carbocycles. The molecular weight excluding hydrogens is 238 g/mol. The van der Waals surface area contributed by atoms with E-state index in [1.807, 2.05) is 18.5 Å². The molecule has 1 aromatic carbocycles. The number of benzene rings is 1. The third kappa shape index (κ3) is 1.85. The summed E-state index contributed by atoms with van der Waals surface area (Å²) in [6.45, 7) is 0. The standard InChI is InChI=1S/C12H10BrN/c13-7-2-5-10-3-1-4-11-6-8-14-9-12(10)11/h1-6,8-9H,7H2. The van der Waals surface area contributed by atoms with Crippen molar-refractivity contribution in [3.63, 3.8) is 0 Å². The lowest BCUT2D eigenvalue weighted by atomic mass is 10.1.